The van der Waals surface area contributed by atoms with Gasteiger partial charge in [-0.25, -0.2) is 4.57 Å². The lowest BCUT2D eigenvalue weighted by Gasteiger charge is -2.31. The second kappa shape index (κ2) is 9.57. The Bertz CT molecular complexity index is 471. The van der Waals surface area contributed by atoms with Crippen LogP contribution in [-0.2, 0) is 13.6 Å². The third-order valence-electron chi connectivity index (χ3n) is 3.76. The Balaban J connectivity index is 3.20. The molecule has 0 aromatic carbocycles. The Morgan fingerprint density at radius 3 is 1.58 bits per heavy atom. The maximum absolute atomic E-state index is 13.6. The minimum absolute atomic E-state index is 0.605. The Morgan fingerprint density at radius 2 is 1.27 bits per heavy atom. The van der Waals surface area contributed by atoms with Crippen LogP contribution in [0.5, 0.6) is 0 Å². The number of nitrogens with zero attached hydrogens (tertiary/aromatic N) is 3. The van der Waals surface area contributed by atoms with Crippen molar-refractivity contribution in [1.82, 2.24) is 9.80 Å². The van der Waals surface area contributed by atoms with Gasteiger partial charge in [0.05, 0.1) is 11.2 Å². The SMILES string of the molecule is CCCCN1CCN(CCCC)C1=NP(=O)(OC(C)(C)C)OC(C)(C)C. The first-order valence-electron chi connectivity index (χ1n) is 10.0. The Kier molecular flexibility index (Phi) is 8.63. The molecule has 0 radical (unpaired) electrons. The predicted octanol–water partition coefficient (Wildman–Crippen LogP) is 5.30. The number of hydrogen-bond donors (Lipinski definition) is 0. The highest BCUT2D eigenvalue weighted by molar-refractivity contribution is 7.52. The molecule has 1 saturated heterocycles. The van der Waals surface area contributed by atoms with Crippen LogP contribution < -0.4 is 0 Å². The summed E-state index contributed by atoms with van der Waals surface area (Å²) in [6.45, 7) is 19.3. The van der Waals surface area contributed by atoms with Crippen molar-refractivity contribution in [2.75, 3.05) is 26.2 Å². The lowest BCUT2D eigenvalue weighted by molar-refractivity contribution is 0.0493. The smallest absolute Gasteiger partial charge is 0.341 e. The molecule has 1 heterocycles. The quantitative estimate of drug-likeness (QED) is 0.501. The fourth-order valence-electron chi connectivity index (χ4n) is 2.75. The summed E-state index contributed by atoms with van der Waals surface area (Å²) >= 11 is 0. The molecule has 0 unspecified atom stereocenters. The van der Waals surface area contributed by atoms with Crippen LogP contribution in [0.15, 0.2) is 4.76 Å². The van der Waals surface area contributed by atoms with Gasteiger partial charge in [0.25, 0.3) is 0 Å². The molecule has 26 heavy (non-hydrogen) atoms. The van der Waals surface area contributed by atoms with Gasteiger partial charge < -0.3 is 9.80 Å². The number of guanidine groups is 1. The summed E-state index contributed by atoms with van der Waals surface area (Å²) in [7, 11) is -3.65. The fourth-order valence-corrected chi connectivity index (χ4v) is 4.73. The van der Waals surface area contributed by atoms with Gasteiger partial charge in [0, 0.05) is 26.2 Å². The summed E-state index contributed by atoms with van der Waals surface area (Å²) in [5.41, 5.74) is -1.21. The van der Waals surface area contributed by atoms with Crippen LogP contribution in [0.1, 0.15) is 81.1 Å². The van der Waals surface area contributed by atoms with Crippen molar-refractivity contribution < 1.29 is 13.6 Å². The Morgan fingerprint density at radius 1 is 0.885 bits per heavy atom. The highest BCUT2D eigenvalue weighted by Crippen LogP contribution is 2.56. The monoisotopic (exact) mass is 389 g/mol. The van der Waals surface area contributed by atoms with Gasteiger partial charge in [-0.1, -0.05) is 26.7 Å². The van der Waals surface area contributed by atoms with E-state index in [1.54, 1.807) is 0 Å². The number of rotatable bonds is 9. The molecule has 0 aromatic rings. The summed E-state index contributed by atoms with van der Waals surface area (Å²) in [4.78, 5) is 4.45. The van der Waals surface area contributed by atoms with Crippen molar-refractivity contribution in [3.8, 4) is 0 Å². The fraction of sp³-hybridized carbons (Fsp3) is 0.947. The van der Waals surface area contributed by atoms with Crippen LogP contribution in [0.3, 0.4) is 0 Å². The third-order valence-corrected chi connectivity index (χ3v) is 5.74. The Labute approximate surface area is 160 Å². The molecule has 0 atom stereocenters. The second-order valence-corrected chi connectivity index (χ2v) is 10.5. The zero-order valence-electron chi connectivity index (χ0n) is 18.2. The summed E-state index contributed by atoms with van der Waals surface area (Å²) < 4.78 is 29.9. The number of hydrogen-bond acceptors (Lipinski definition) is 3. The van der Waals surface area contributed by atoms with E-state index in [0.29, 0.717) is 0 Å². The van der Waals surface area contributed by atoms with Gasteiger partial charge >= 0.3 is 7.75 Å². The topological polar surface area (TPSA) is 54.4 Å². The van der Waals surface area contributed by atoms with Crippen molar-refractivity contribution in [1.29, 1.82) is 0 Å². The standard InChI is InChI=1S/C19H40N3O3P/c1-9-11-13-21-15-16-22(14-12-10-2)17(21)20-26(23,24-18(3,4)5)25-19(6,7)8/h9-16H2,1-8H3. The van der Waals surface area contributed by atoms with Crippen LogP contribution in [-0.4, -0.2) is 53.1 Å². The lowest BCUT2D eigenvalue weighted by atomic mass is 10.2. The van der Waals surface area contributed by atoms with E-state index in [0.717, 1.165) is 57.8 Å². The van der Waals surface area contributed by atoms with E-state index in [-0.39, 0.29) is 0 Å². The van der Waals surface area contributed by atoms with Gasteiger partial charge in [-0.15, -0.1) is 4.76 Å². The molecule has 0 bridgehead atoms. The first kappa shape index (κ1) is 23.5. The molecule has 0 aliphatic carbocycles. The van der Waals surface area contributed by atoms with Gasteiger partial charge in [-0.3, -0.25) is 9.05 Å². The summed E-state index contributed by atoms with van der Waals surface area (Å²) in [5.74, 6) is 0.767. The van der Waals surface area contributed by atoms with Crippen LogP contribution in [0.4, 0.5) is 0 Å². The van der Waals surface area contributed by atoms with Gasteiger partial charge in [-0.2, -0.15) is 0 Å². The molecule has 0 amide bonds. The van der Waals surface area contributed by atoms with E-state index >= 15 is 0 Å². The van der Waals surface area contributed by atoms with E-state index in [1.807, 2.05) is 41.5 Å². The van der Waals surface area contributed by atoms with E-state index in [1.165, 1.54) is 0 Å². The molecular formula is C19H40N3O3P. The van der Waals surface area contributed by atoms with Crippen LogP contribution in [0.25, 0.3) is 0 Å². The molecule has 6 nitrogen and oxygen atoms in total. The molecule has 0 aromatic heterocycles. The van der Waals surface area contributed by atoms with Gasteiger partial charge in [0.2, 0.25) is 5.96 Å². The summed E-state index contributed by atoms with van der Waals surface area (Å²) in [6.07, 6.45) is 4.41. The maximum atomic E-state index is 13.6. The first-order valence-corrected chi connectivity index (χ1v) is 11.5. The average Bonchev–Trinajstić information content (AvgIpc) is 2.80. The molecule has 1 rings (SSSR count). The van der Waals surface area contributed by atoms with Crippen LogP contribution in [0.2, 0.25) is 0 Å². The molecule has 0 N–H and O–H groups in total. The maximum Gasteiger partial charge on any atom is 0.458 e. The molecule has 7 heteroatoms. The van der Waals surface area contributed by atoms with E-state index in [2.05, 4.69) is 28.4 Å². The highest BCUT2D eigenvalue weighted by Gasteiger charge is 2.38. The Hall–Kier alpha value is -0.580. The van der Waals surface area contributed by atoms with E-state index in [4.69, 9.17) is 9.05 Å². The zero-order valence-corrected chi connectivity index (χ0v) is 19.1. The molecular weight excluding hydrogens is 349 g/mol. The largest absolute Gasteiger partial charge is 0.458 e. The third kappa shape index (κ3) is 8.41. The van der Waals surface area contributed by atoms with Gasteiger partial charge in [0.15, 0.2) is 0 Å². The van der Waals surface area contributed by atoms with Crippen molar-refractivity contribution in [3.63, 3.8) is 0 Å². The highest BCUT2D eigenvalue weighted by atomic mass is 31.2. The molecule has 1 aliphatic rings. The molecule has 1 aliphatic heterocycles. The van der Waals surface area contributed by atoms with E-state index in [9.17, 15) is 4.57 Å². The minimum atomic E-state index is -3.65. The van der Waals surface area contributed by atoms with E-state index < -0.39 is 18.9 Å². The number of unbranched alkanes of at least 4 members (excludes halogenated alkanes) is 2. The normalized spacial score (nSPS) is 16.5. The first-order chi connectivity index (χ1) is 11.9. The summed E-state index contributed by atoms with van der Waals surface area (Å²) in [6, 6.07) is 0. The van der Waals surface area contributed by atoms with Crippen molar-refractivity contribution >= 4 is 13.7 Å². The minimum Gasteiger partial charge on any atom is -0.341 e. The van der Waals surface area contributed by atoms with Crippen molar-refractivity contribution in [2.24, 2.45) is 4.76 Å². The van der Waals surface area contributed by atoms with Gasteiger partial charge in [-0.05, 0) is 54.4 Å². The molecule has 1 fully saturated rings. The van der Waals surface area contributed by atoms with Gasteiger partial charge in [0.1, 0.15) is 0 Å². The van der Waals surface area contributed by atoms with Crippen molar-refractivity contribution in [3.05, 3.63) is 0 Å². The summed E-state index contributed by atoms with van der Waals surface area (Å²) in [5, 5.41) is 0. The average molecular weight is 390 g/mol. The molecule has 0 saturated carbocycles. The molecule has 154 valence electrons. The van der Waals surface area contributed by atoms with Crippen molar-refractivity contribution in [2.45, 2.75) is 92.3 Å². The lowest BCUT2D eigenvalue weighted by Crippen LogP contribution is -2.35. The second-order valence-electron chi connectivity index (χ2n) is 8.96. The van der Waals surface area contributed by atoms with Crippen LogP contribution >= 0.6 is 7.75 Å². The predicted molar refractivity (Wildman–Crippen MR) is 110 cm³/mol. The molecule has 0 spiro atoms. The van der Waals surface area contributed by atoms with Crippen LogP contribution in [0, 0.1) is 0 Å². The zero-order chi connectivity index (χ0) is 20.0.